The first-order valence-electron chi connectivity index (χ1n) is 10.5. The Kier molecular flexibility index (Phi) is 6.95. The molecule has 0 atom stereocenters. The Morgan fingerprint density at radius 2 is 1.80 bits per heavy atom. The second kappa shape index (κ2) is 10.2. The molecule has 2 aromatic carbocycles. The van der Waals surface area contributed by atoms with Crippen LogP contribution in [-0.2, 0) is 22.5 Å². The highest BCUT2D eigenvalue weighted by Crippen LogP contribution is 2.17. The molecular formula is C23H28N4O3. The number of aromatic nitrogens is 2. The smallest absolute Gasteiger partial charge is 0.257 e. The molecule has 1 fully saturated rings. The van der Waals surface area contributed by atoms with Crippen LogP contribution in [0.5, 0.6) is 5.75 Å². The second-order valence-electron chi connectivity index (χ2n) is 7.32. The molecule has 30 heavy (non-hydrogen) atoms. The van der Waals surface area contributed by atoms with Gasteiger partial charge in [0.15, 0.2) is 6.61 Å². The number of nitrogens with zero attached hydrogens (tertiary/aromatic N) is 3. The van der Waals surface area contributed by atoms with Crippen LogP contribution in [0, 0.1) is 0 Å². The standard InChI is InChI=1S/C23H28N4O3/c28-23(18-30-19-6-2-1-3-7-19)24-11-10-22-25-20-8-4-5-9-21(20)27(22)13-12-26-14-16-29-17-15-26/h1-9H,10-18H2,(H,24,28). The third-order valence-corrected chi connectivity index (χ3v) is 5.26. The van der Waals surface area contributed by atoms with E-state index in [0.717, 1.165) is 56.3 Å². The van der Waals surface area contributed by atoms with Crippen molar-refractivity contribution in [3.05, 3.63) is 60.4 Å². The third kappa shape index (κ3) is 5.37. The van der Waals surface area contributed by atoms with E-state index in [1.807, 2.05) is 48.5 Å². The number of rotatable bonds is 9. The summed E-state index contributed by atoms with van der Waals surface area (Å²) in [5.74, 6) is 1.56. The van der Waals surface area contributed by atoms with Crippen LogP contribution in [0.25, 0.3) is 11.0 Å². The first-order valence-corrected chi connectivity index (χ1v) is 10.5. The molecule has 3 aromatic rings. The number of ether oxygens (including phenoxy) is 2. The lowest BCUT2D eigenvalue weighted by atomic mass is 10.3. The van der Waals surface area contributed by atoms with Gasteiger partial charge >= 0.3 is 0 Å². The van der Waals surface area contributed by atoms with Gasteiger partial charge in [0.25, 0.3) is 5.91 Å². The number of carbonyl (C=O) groups excluding carboxylic acids is 1. The molecule has 0 spiro atoms. The van der Waals surface area contributed by atoms with Crippen LogP contribution < -0.4 is 10.1 Å². The molecule has 0 unspecified atom stereocenters. The number of morpholine rings is 1. The van der Waals surface area contributed by atoms with Gasteiger partial charge in [-0.15, -0.1) is 0 Å². The molecule has 1 aliphatic rings. The molecule has 0 aliphatic carbocycles. The van der Waals surface area contributed by atoms with Crippen molar-refractivity contribution in [3.63, 3.8) is 0 Å². The number of imidazole rings is 1. The average molecular weight is 409 g/mol. The quantitative estimate of drug-likeness (QED) is 0.587. The molecule has 2 heterocycles. The minimum Gasteiger partial charge on any atom is -0.484 e. The molecule has 1 aliphatic heterocycles. The zero-order chi connectivity index (χ0) is 20.6. The van der Waals surface area contributed by atoms with Crippen molar-refractivity contribution in [2.24, 2.45) is 0 Å². The van der Waals surface area contributed by atoms with Crippen molar-refractivity contribution in [2.45, 2.75) is 13.0 Å². The van der Waals surface area contributed by atoms with Crippen LogP contribution in [-0.4, -0.2) is 66.4 Å². The number of fused-ring (bicyclic) bond motifs is 1. The maximum absolute atomic E-state index is 12.1. The van der Waals surface area contributed by atoms with Crippen LogP contribution in [0.3, 0.4) is 0 Å². The van der Waals surface area contributed by atoms with E-state index < -0.39 is 0 Å². The maximum atomic E-state index is 12.1. The lowest BCUT2D eigenvalue weighted by molar-refractivity contribution is -0.123. The Labute approximate surface area is 176 Å². The van der Waals surface area contributed by atoms with Gasteiger partial charge in [0.2, 0.25) is 0 Å². The van der Waals surface area contributed by atoms with Crippen LogP contribution in [0.15, 0.2) is 54.6 Å². The second-order valence-corrected chi connectivity index (χ2v) is 7.32. The summed E-state index contributed by atoms with van der Waals surface area (Å²) in [6.07, 6.45) is 0.675. The Morgan fingerprint density at radius 1 is 1.03 bits per heavy atom. The number of amides is 1. The van der Waals surface area contributed by atoms with Gasteiger partial charge in [-0.1, -0.05) is 30.3 Å². The van der Waals surface area contributed by atoms with Gasteiger partial charge in [-0.05, 0) is 24.3 Å². The summed E-state index contributed by atoms with van der Waals surface area (Å²) in [6, 6.07) is 17.6. The zero-order valence-electron chi connectivity index (χ0n) is 17.1. The predicted molar refractivity (Wildman–Crippen MR) is 116 cm³/mol. The summed E-state index contributed by atoms with van der Waals surface area (Å²) in [4.78, 5) is 19.3. The number of carbonyl (C=O) groups is 1. The topological polar surface area (TPSA) is 68.6 Å². The van der Waals surface area contributed by atoms with E-state index in [4.69, 9.17) is 14.5 Å². The molecule has 0 radical (unpaired) electrons. The van der Waals surface area contributed by atoms with E-state index in [2.05, 4.69) is 20.9 Å². The summed E-state index contributed by atoms with van der Waals surface area (Å²) >= 11 is 0. The van der Waals surface area contributed by atoms with E-state index in [0.29, 0.717) is 18.7 Å². The highest BCUT2D eigenvalue weighted by atomic mass is 16.5. The van der Waals surface area contributed by atoms with E-state index in [1.54, 1.807) is 0 Å². The molecule has 1 aromatic heterocycles. The molecule has 1 saturated heterocycles. The van der Waals surface area contributed by atoms with Crippen molar-refractivity contribution in [1.82, 2.24) is 19.8 Å². The van der Waals surface area contributed by atoms with Gasteiger partial charge in [0.1, 0.15) is 11.6 Å². The van der Waals surface area contributed by atoms with Crippen LogP contribution in [0.2, 0.25) is 0 Å². The van der Waals surface area contributed by atoms with Crippen molar-refractivity contribution in [3.8, 4) is 5.75 Å². The largest absolute Gasteiger partial charge is 0.484 e. The average Bonchev–Trinajstić information content (AvgIpc) is 3.15. The van der Waals surface area contributed by atoms with E-state index >= 15 is 0 Å². The van der Waals surface area contributed by atoms with Gasteiger partial charge in [0, 0.05) is 39.1 Å². The van der Waals surface area contributed by atoms with E-state index in [-0.39, 0.29) is 12.5 Å². The molecule has 158 valence electrons. The van der Waals surface area contributed by atoms with Crippen molar-refractivity contribution < 1.29 is 14.3 Å². The summed E-state index contributed by atoms with van der Waals surface area (Å²) in [7, 11) is 0. The Hall–Kier alpha value is -2.90. The lowest BCUT2D eigenvalue weighted by Gasteiger charge is -2.27. The maximum Gasteiger partial charge on any atom is 0.257 e. The number of para-hydroxylation sites is 3. The highest BCUT2D eigenvalue weighted by Gasteiger charge is 2.14. The first kappa shape index (κ1) is 20.4. The van der Waals surface area contributed by atoms with E-state index in [1.165, 1.54) is 0 Å². The lowest BCUT2D eigenvalue weighted by Crippen LogP contribution is -2.38. The summed E-state index contributed by atoms with van der Waals surface area (Å²) in [6.45, 7) is 5.92. The minimum absolute atomic E-state index is 0.0114. The van der Waals surface area contributed by atoms with Gasteiger partial charge in [-0.2, -0.15) is 0 Å². The van der Waals surface area contributed by atoms with Crippen molar-refractivity contribution in [2.75, 3.05) is 46.0 Å². The van der Waals surface area contributed by atoms with Crippen LogP contribution in [0.4, 0.5) is 0 Å². The predicted octanol–water partition coefficient (Wildman–Crippen LogP) is 2.11. The van der Waals surface area contributed by atoms with Crippen molar-refractivity contribution >= 4 is 16.9 Å². The number of hydrogen-bond donors (Lipinski definition) is 1. The number of benzene rings is 2. The summed E-state index contributed by atoms with van der Waals surface area (Å²) in [5, 5.41) is 2.93. The molecule has 0 saturated carbocycles. The Morgan fingerprint density at radius 3 is 2.63 bits per heavy atom. The fourth-order valence-electron chi connectivity index (χ4n) is 3.66. The first-order chi connectivity index (χ1) is 14.8. The Bertz CT molecular complexity index is 951. The van der Waals surface area contributed by atoms with Crippen LogP contribution in [0.1, 0.15) is 5.82 Å². The van der Waals surface area contributed by atoms with Gasteiger partial charge in [-0.25, -0.2) is 4.98 Å². The molecule has 1 N–H and O–H groups in total. The molecule has 7 nitrogen and oxygen atoms in total. The van der Waals surface area contributed by atoms with E-state index in [9.17, 15) is 4.79 Å². The minimum atomic E-state index is -0.130. The zero-order valence-corrected chi connectivity index (χ0v) is 17.1. The van der Waals surface area contributed by atoms with Crippen molar-refractivity contribution in [1.29, 1.82) is 0 Å². The fraction of sp³-hybridized carbons (Fsp3) is 0.391. The monoisotopic (exact) mass is 408 g/mol. The summed E-state index contributed by atoms with van der Waals surface area (Å²) < 4.78 is 13.2. The van der Waals surface area contributed by atoms with Gasteiger partial charge in [-0.3, -0.25) is 9.69 Å². The summed E-state index contributed by atoms with van der Waals surface area (Å²) in [5.41, 5.74) is 2.13. The highest BCUT2D eigenvalue weighted by molar-refractivity contribution is 5.77. The normalized spacial score (nSPS) is 14.7. The molecule has 4 rings (SSSR count). The molecule has 0 bridgehead atoms. The number of nitrogens with one attached hydrogen (secondary N) is 1. The fourth-order valence-corrected chi connectivity index (χ4v) is 3.66. The van der Waals surface area contributed by atoms with Gasteiger partial charge < -0.3 is 19.4 Å². The Balaban J connectivity index is 1.33. The van der Waals surface area contributed by atoms with Crippen LogP contribution >= 0.6 is 0 Å². The molecular weight excluding hydrogens is 380 g/mol. The third-order valence-electron chi connectivity index (χ3n) is 5.26. The number of hydrogen-bond acceptors (Lipinski definition) is 5. The molecule has 1 amide bonds. The van der Waals surface area contributed by atoms with Gasteiger partial charge in [0.05, 0.1) is 24.2 Å². The SMILES string of the molecule is O=C(COc1ccccc1)NCCc1nc2ccccc2n1CCN1CCOCC1. The molecule has 7 heteroatoms.